The third-order valence-corrected chi connectivity index (χ3v) is 7.26. The Kier molecular flexibility index (Phi) is 4.70. The summed E-state index contributed by atoms with van der Waals surface area (Å²) in [6, 6.07) is 16.4. The smallest absolute Gasteiger partial charge is 0.261 e. The lowest BCUT2D eigenvalue weighted by atomic mass is 9.84. The van der Waals surface area contributed by atoms with E-state index in [-0.39, 0.29) is 5.56 Å². The van der Waals surface area contributed by atoms with Gasteiger partial charge in [-0.3, -0.25) is 9.20 Å². The van der Waals surface area contributed by atoms with E-state index >= 15 is 0 Å². The lowest BCUT2D eigenvalue weighted by Gasteiger charge is -2.29. The highest BCUT2D eigenvalue weighted by Crippen LogP contribution is 2.45. The van der Waals surface area contributed by atoms with E-state index in [1.54, 1.807) is 22.7 Å². The lowest BCUT2D eigenvalue weighted by Crippen LogP contribution is -2.28. The van der Waals surface area contributed by atoms with Crippen molar-refractivity contribution in [1.29, 1.82) is 0 Å². The number of rotatable bonds is 3. The molecule has 6 heteroatoms. The van der Waals surface area contributed by atoms with Crippen LogP contribution < -0.4 is 10.3 Å². The second kappa shape index (κ2) is 7.61. The molecule has 0 aliphatic carbocycles. The molecule has 0 radical (unpaired) electrons. The maximum Gasteiger partial charge on any atom is 0.261 e. The summed E-state index contributed by atoms with van der Waals surface area (Å²) < 4.78 is 7.71. The third-order valence-electron chi connectivity index (χ3n) is 7.04. The minimum Gasteiger partial charge on any atom is -0.493 e. The van der Waals surface area contributed by atoms with Gasteiger partial charge in [-0.05, 0) is 42.3 Å². The van der Waals surface area contributed by atoms with Gasteiger partial charge in [0, 0.05) is 54.5 Å². The first-order valence-corrected chi connectivity index (χ1v) is 11.5. The van der Waals surface area contributed by atoms with Crippen LogP contribution in [-0.2, 0) is 6.42 Å². The molecule has 0 amide bonds. The van der Waals surface area contributed by atoms with Gasteiger partial charge >= 0.3 is 0 Å². The highest BCUT2D eigenvalue weighted by Gasteiger charge is 2.39. The van der Waals surface area contributed by atoms with E-state index < -0.39 is 0 Å². The van der Waals surface area contributed by atoms with Crippen molar-refractivity contribution in [2.75, 3.05) is 26.2 Å². The average Bonchev–Trinajstić information content (AvgIpc) is 3.22. The molecule has 0 saturated carbocycles. The van der Waals surface area contributed by atoms with E-state index in [2.05, 4.69) is 46.3 Å². The van der Waals surface area contributed by atoms with Gasteiger partial charge in [0.1, 0.15) is 11.4 Å². The van der Waals surface area contributed by atoms with Crippen LogP contribution in [0.15, 0.2) is 59.5 Å². The van der Waals surface area contributed by atoms with Crippen molar-refractivity contribution in [1.82, 2.24) is 14.3 Å². The number of halogens is 1. The Hall–Kier alpha value is -2.89. The highest BCUT2D eigenvalue weighted by molar-refractivity contribution is 6.30. The van der Waals surface area contributed by atoms with Crippen molar-refractivity contribution < 1.29 is 4.74 Å². The Balaban J connectivity index is 1.27. The number of hydrogen-bond donors (Lipinski definition) is 0. The molecule has 2 aromatic carbocycles. The quantitative estimate of drug-likeness (QED) is 0.467. The van der Waals surface area contributed by atoms with Crippen LogP contribution in [0.2, 0.25) is 5.02 Å². The number of hydrogen-bond acceptors (Lipinski definition) is 4. The maximum atomic E-state index is 13.1. The number of fused-ring (bicyclic) bond motifs is 6. The molecular formula is C26H24ClN3O2. The molecule has 2 aliphatic heterocycles. The third kappa shape index (κ3) is 3.19. The van der Waals surface area contributed by atoms with Crippen molar-refractivity contribution in [3.63, 3.8) is 0 Å². The van der Waals surface area contributed by atoms with Crippen molar-refractivity contribution in [2.45, 2.75) is 19.3 Å². The fourth-order valence-corrected chi connectivity index (χ4v) is 5.60. The van der Waals surface area contributed by atoms with Crippen molar-refractivity contribution in [3.05, 3.63) is 86.9 Å². The number of nitrogens with zero attached hydrogens (tertiary/aromatic N) is 3. The zero-order valence-electron chi connectivity index (χ0n) is 17.9. The molecule has 0 spiro atoms. The molecular weight excluding hydrogens is 422 g/mol. The second-order valence-corrected chi connectivity index (χ2v) is 9.38. The lowest BCUT2D eigenvalue weighted by molar-refractivity contribution is 0.214. The Morgan fingerprint density at radius 3 is 2.91 bits per heavy atom. The monoisotopic (exact) mass is 445 g/mol. The van der Waals surface area contributed by atoms with E-state index in [1.807, 2.05) is 6.92 Å². The molecule has 2 atom stereocenters. The molecule has 5 nitrogen and oxygen atoms in total. The van der Waals surface area contributed by atoms with Crippen molar-refractivity contribution >= 4 is 28.0 Å². The van der Waals surface area contributed by atoms with Crippen LogP contribution in [0.25, 0.3) is 16.4 Å². The molecule has 0 unspecified atom stereocenters. The van der Waals surface area contributed by atoms with Gasteiger partial charge in [0.05, 0.1) is 11.6 Å². The predicted molar refractivity (Wildman–Crippen MR) is 127 cm³/mol. The fraction of sp³-hybridized carbons (Fsp3) is 0.308. The highest BCUT2D eigenvalue weighted by atomic mass is 35.5. The van der Waals surface area contributed by atoms with Crippen molar-refractivity contribution in [3.8, 4) is 5.75 Å². The van der Waals surface area contributed by atoms with E-state index in [0.717, 1.165) is 43.2 Å². The molecule has 0 N–H and O–H groups in total. The van der Waals surface area contributed by atoms with Crippen LogP contribution in [0.1, 0.15) is 22.7 Å². The summed E-state index contributed by atoms with van der Waals surface area (Å²) in [7, 11) is 0. The molecule has 4 heterocycles. The summed E-state index contributed by atoms with van der Waals surface area (Å²) in [5.74, 6) is 1.96. The van der Waals surface area contributed by atoms with Gasteiger partial charge in [0.25, 0.3) is 5.56 Å². The molecule has 0 bridgehead atoms. The summed E-state index contributed by atoms with van der Waals surface area (Å²) in [6.07, 6.45) is 2.33. The maximum absolute atomic E-state index is 13.1. The molecule has 6 rings (SSSR count). The van der Waals surface area contributed by atoms with E-state index in [0.29, 0.717) is 28.9 Å². The number of benzene rings is 2. The normalized spacial score (nSPS) is 20.3. The first kappa shape index (κ1) is 19.8. The van der Waals surface area contributed by atoms with E-state index in [9.17, 15) is 4.79 Å². The van der Waals surface area contributed by atoms with E-state index in [4.69, 9.17) is 16.3 Å². The Morgan fingerprint density at radius 1 is 1.12 bits per heavy atom. The van der Waals surface area contributed by atoms with Gasteiger partial charge in [-0.1, -0.05) is 41.9 Å². The summed E-state index contributed by atoms with van der Waals surface area (Å²) in [6.45, 7) is 5.48. The fourth-order valence-electron chi connectivity index (χ4n) is 5.44. The molecule has 162 valence electrons. The summed E-state index contributed by atoms with van der Waals surface area (Å²) in [5.41, 5.74) is 3.52. The summed E-state index contributed by atoms with van der Waals surface area (Å²) in [5, 5.41) is 3.09. The van der Waals surface area contributed by atoms with Crippen LogP contribution in [0, 0.1) is 12.8 Å². The van der Waals surface area contributed by atoms with Crippen LogP contribution in [0.4, 0.5) is 0 Å². The first-order chi connectivity index (χ1) is 15.6. The minimum atomic E-state index is -0.0220. The van der Waals surface area contributed by atoms with E-state index in [1.165, 1.54) is 16.3 Å². The molecule has 1 fully saturated rings. The van der Waals surface area contributed by atoms with Gasteiger partial charge in [-0.2, -0.15) is 0 Å². The van der Waals surface area contributed by atoms with Gasteiger partial charge < -0.3 is 9.64 Å². The minimum absolute atomic E-state index is 0.0220. The zero-order chi connectivity index (χ0) is 21.8. The second-order valence-electron chi connectivity index (χ2n) is 8.94. The largest absolute Gasteiger partial charge is 0.493 e. The van der Waals surface area contributed by atoms with Crippen LogP contribution >= 0.6 is 11.6 Å². The van der Waals surface area contributed by atoms with Crippen LogP contribution in [0.5, 0.6) is 5.75 Å². The molecule has 2 aromatic heterocycles. The van der Waals surface area contributed by atoms with Gasteiger partial charge in [0.2, 0.25) is 0 Å². The Bertz CT molecular complexity index is 1410. The zero-order valence-corrected chi connectivity index (χ0v) is 18.7. The first-order valence-electron chi connectivity index (χ1n) is 11.1. The molecule has 4 aromatic rings. The van der Waals surface area contributed by atoms with Gasteiger partial charge in [-0.25, -0.2) is 4.98 Å². The Labute approximate surface area is 191 Å². The summed E-state index contributed by atoms with van der Waals surface area (Å²) >= 11 is 6.11. The molecule has 32 heavy (non-hydrogen) atoms. The number of ether oxygens (including phenoxy) is 1. The number of likely N-dealkylation sites (tertiary alicyclic amines) is 1. The number of aromatic nitrogens is 2. The molecule has 2 aliphatic rings. The topological polar surface area (TPSA) is 46.8 Å². The van der Waals surface area contributed by atoms with Crippen LogP contribution in [-0.4, -0.2) is 40.5 Å². The average molecular weight is 446 g/mol. The van der Waals surface area contributed by atoms with Crippen molar-refractivity contribution in [2.24, 2.45) is 5.92 Å². The Morgan fingerprint density at radius 2 is 2.00 bits per heavy atom. The standard InChI is InChI=1S/C26H24ClN3O2/c1-16-20(26(31)30-13-19(27)7-9-24(30)28-16)10-11-29-12-18-15-32-23-8-6-17-4-2-3-5-21(17)25(23)22(18)14-29/h2-9,13,18,22H,10-12,14-15H2,1H3/t18-,22+/m1/s1. The number of pyridine rings is 1. The van der Waals surface area contributed by atoms with Gasteiger partial charge in [-0.15, -0.1) is 0 Å². The van der Waals surface area contributed by atoms with Crippen LogP contribution in [0.3, 0.4) is 0 Å². The van der Waals surface area contributed by atoms with Gasteiger partial charge in [0.15, 0.2) is 0 Å². The predicted octanol–water partition coefficient (Wildman–Crippen LogP) is 4.46. The number of aryl methyl sites for hydroxylation is 1. The SMILES string of the molecule is Cc1nc2ccc(Cl)cn2c(=O)c1CCN1C[C@@H]2COc3ccc4ccccc4c3[C@H]2C1. The summed E-state index contributed by atoms with van der Waals surface area (Å²) in [4.78, 5) is 20.2. The molecule has 1 saturated heterocycles.